The van der Waals surface area contributed by atoms with E-state index >= 15 is 0 Å². The molecule has 0 amide bonds. The summed E-state index contributed by atoms with van der Waals surface area (Å²) in [5, 5.41) is 19.0. The zero-order valence-electron chi connectivity index (χ0n) is 10.7. The van der Waals surface area contributed by atoms with Crippen LogP contribution in [-0.2, 0) is 5.41 Å². The van der Waals surface area contributed by atoms with Gasteiger partial charge in [-0.2, -0.15) is 0 Å². The molecule has 5 heteroatoms. The number of aliphatic hydroxyl groups excluding tert-OH is 1. The highest BCUT2D eigenvalue weighted by Crippen LogP contribution is 2.43. The normalized spacial score (nSPS) is 20.4. The van der Waals surface area contributed by atoms with Crippen LogP contribution in [0.1, 0.15) is 44.5 Å². The van der Waals surface area contributed by atoms with Crippen LogP contribution < -0.4 is 0 Å². The average molecular weight is 272 g/mol. The van der Waals surface area contributed by atoms with Gasteiger partial charge in [-0.25, -0.2) is 4.79 Å². The van der Waals surface area contributed by atoms with Crippen molar-refractivity contribution >= 4 is 11.8 Å². The highest BCUT2D eigenvalue weighted by Gasteiger charge is 2.45. The first-order valence-electron chi connectivity index (χ1n) is 6.11. The number of hydrogen-bond donors (Lipinski definition) is 2. The van der Waals surface area contributed by atoms with Crippen LogP contribution in [-0.4, -0.2) is 28.6 Å². The van der Waals surface area contributed by atoms with Crippen LogP contribution in [0.5, 0.6) is 0 Å². The number of fused-ring (bicyclic) bond motifs is 2. The van der Waals surface area contributed by atoms with Crippen LogP contribution in [0.25, 0.3) is 0 Å². The fourth-order valence-corrected chi connectivity index (χ4v) is 2.81. The van der Waals surface area contributed by atoms with E-state index in [9.17, 15) is 19.8 Å². The second kappa shape index (κ2) is 4.05. The minimum absolute atomic E-state index is 0.00218. The fourth-order valence-electron chi connectivity index (χ4n) is 2.81. The van der Waals surface area contributed by atoms with Gasteiger partial charge in [0, 0.05) is 16.5 Å². The van der Waals surface area contributed by atoms with Crippen LogP contribution in [0.3, 0.4) is 0 Å². The van der Waals surface area contributed by atoms with E-state index in [1.165, 1.54) is 0 Å². The first-order valence-corrected chi connectivity index (χ1v) is 6.11. The summed E-state index contributed by atoms with van der Waals surface area (Å²) in [6.07, 6.45) is 1.06. The number of hydrogen-bond acceptors (Lipinski definition) is 4. The first kappa shape index (κ1) is 12.6. The minimum atomic E-state index is -1.18. The Hall–Kier alpha value is -2.40. The lowest BCUT2D eigenvalue weighted by molar-refractivity contribution is 0.0693. The Balaban J connectivity index is 2.39. The van der Waals surface area contributed by atoms with E-state index in [-0.39, 0.29) is 29.3 Å². The molecule has 1 atom stereocenters. The van der Waals surface area contributed by atoms with E-state index < -0.39 is 11.4 Å². The lowest BCUT2D eigenvalue weighted by Gasteiger charge is -2.33. The summed E-state index contributed by atoms with van der Waals surface area (Å²) >= 11 is 0. The SMILES string of the molecule is CC1(CO)c2ccccc2C(=O)c2occ(C(=O)O)c21. The van der Waals surface area contributed by atoms with Crippen LogP contribution in [0.15, 0.2) is 34.9 Å². The summed E-state index contributed by atoms with van der Waals surface area (Å²) in [7, 11) is 0. The number of carboxylic acids is 1. The highest BCUT2D eigenvalue weighted by molar-refractivity contribution is 6.13. The molecule has 1 aliphatic carbocycles. The van der Waals surface area contributed by atoms with Crippen molar-refractivity contribution in [1.29, 1.82) is 0 Å². The Kier molecular flexibility index (Phi) is 2.55. The molecule has 3 rings (SSSR count). The number of carbonyl (C=O) groups is 2. The molecular weight excluding hydrogens is 260 g/mol. The second-order valence-electron chi connectivity index (χ2n) is 5.02. The number of benzene rings is 1. The van der Waals surface area contributed by atoms with Crippen molar-refractivity contribution in [2.45, 2.75) is 12.3 Å². The molecule has 5 nitrogen and oxygen atoms in total. The van der Waals surface area contributed by atoms with Gasteiger partial charge in [-0.3, -0.25) is 4.79 Å². The van der Waals surface area contributed by atoms with E-state index in [1.54, 1.807) is 31.2 Å². The van der Waals surface area contributed by atoms with Crippen molar-refractivity contribution in [3.05, 3.63) is 58.5 Å². The summed E-state index contributed by atoms with van der Waals surface area (Å²) < 4.78 is 5.17. The molecule has 1 heterocycles. The summed E-state index contributed by atoms with van der Waals surface area (Å²) in [6.45, 7) is 1.39. The number of carboxylic acid groups (broad SMARTS) is 1. The zero-order chi connectivity index (χ0) is 14.5. The third-order valence-electron chi connectivity index (χ3n) is 3.86. The molecule has 0 saturated heterocycles. The molecule has 1 aliphatic rings. The predicted molar refractivity (Wildman–Crippen MR) is 69.1 cm³/mol. The largest absolute Gasteiger partial charge is 0.478 e. The number of ketones is 1. The van der Waals surface area contributed by atoms with Crippen LogP contribution >= 0.6 is 0 Å². The first-order chi connectivity index (χ1) is 9.50. The highest BCUT2D eigenvalue weighted by atomic mass is 16.4. The fraction of sp³-hybridized carbons (Fsp3) is 0.200. The quantitative estimate of drug-likeness (QED) is 0.870. The van der Waals surface area contributed by atoms with E-state index in [0.29, 0.717) is 11.1 Å². The van der Waals surface area contributed by atoms with E-state index in [0.717, 1.165) is 6.26 Å². The third kappa shape index (κ3) is 1.41. The summed E-state index contributed by atoms with van der Waals surface area (Å²) in [5.41, 5.74) is 0.239. The number of carbonyl (C=O) groups excluding carboxylic acids is 1. The van der Waals surface area contributed by atoms with Gasteiger partial charge in [0.15, 0.2) is 5.76 Å². The van der Waals surface area contributed by atoms with Crippen molar-refractivity contribution in [1.82, 2.24) is 0 Å². The maximum atomic E-state index is 12.4. The molecule has 0 fully saturated rings. The molecule has 0 bridgehead atoms. The smallest absolute Gasteiger partial charge is 0.339 e. The van der Waals surface area contributed by atoms with E-state index in [1.807, 2.05) is 0 Å². The van der Waals surface area contributed by atoms with E-state index in [4.69, 9.17) is 4.42 Å². The monoisotopic (exact) mass is 272 g/mol. The molecule has 0 radical (unpaired) electrons. The second-order valence-corrected chi connectivity index (χ2v) is 5.02. The van der Waals surface area contributed by atoms with Crippen molar-refractivity contribution in [3.63, 3.8) is 0 Å². The van der Waals surface area contributed by atoms with Gasteiger partial charge in [0.05, 0.1) is 6.61 Å². The van der Waals surface area contributed by atoms with Gasteiger partial charge in [-0.15, -0.1) is 0 Å². The van der Waals surface area contributed by atoms with Gasteiger partial charge in [-0.1, -0.05) is 24.3 Å². The summed E-state index contributed by atoms with van der Waals surface area (Å²) in [4.78, 5) is 23.7. The van der Waals surface area contributed by atoms with Gasteiger partial charge < -0.3 is 14.6 Å². The van der Waals surface area contributed by atoms with Crippen LogP contribution in [0.4, 0.5) is 0 Å². The molecule has 0 spiro atoms. The molecular formula is C15H12O5. The van der Waals surface area contributed by atoms with E-state index in [2.05, 4.69) is 0 Å². The summed E-state index contributed by atoms with van der Waals surface area (Å²) in [5.74, 6) is -1.53. The van der Waals surface area contributed by atoms with Crippen molar-refractivity contribution < 1.29 is 24.2 Å². The molecule has 0 saturated carbocycles. The van der Waals surface area contributed by atoms with Crippen LogP contribution in [0.2, 0.25) is 0 Å². The van der Waals surface area contributed by atoms with Crippen molar-refractivity contribution in [3.8, 4) is 0 Å². The topological polar surface area (TPSA) is 87.7 Å². The van der Waals surface area contributed by atoms with Gasteiger partial charge in [0.25, 0.3) is 0 Å². The molecule has 1 aromatic heterocycles. The Morgan fingerprint density at radius 2 is 2.05 bits per heavy atom. The maximum Gasteiger partial charge on any atom is 0.339 e. The third-order valence-corrected chi connectivity index (χ3v) is 3.86. The molecule has 102 valence electrons. The number of aromatic carboxylic acids is 1. The Morgan fingerprint density at radius 3 is 2.70 bits per heavy atom. The summed E-state index contributed by atoms with van der Waals surface area (Å²) in [6, 6.07) is 6.86. The molecule has 2 N–H and O–H groups in total. The number of aliphatic hydroxyl groups is 1. The maximum absolute atomic E-state index is 12.4. The average Bonchev–Trinajstić information content (AvgIpc) is 2.91. The van der Waals surface area contributed by atoms with Crippen LogP contribution in [0, 0.1) is 0 Å². The Morgan fingerprint density at radius 1 is 1.35 bits per heavy atom. The Labute approximate surface area is 114 Å². The molecule has 20 heavy (non-hydrogen) atoms. The molecule has 1 aromatic carbocycles. The lowest BCUT2D eigenvalue weighted by Crippen LogP contribution is -2.36. The minimum Gasteiger partial charge on any atom is -0.478 e. The zero-order valence-corrected chi connectivity index (χ0v) is 10.7. The Bertz CT molecular complexity index is 728. The lowest BCUT2D eigenvalue weighted by atomic mass is 9.69. The van der Waals surface area contributed by atoms with Gasteiger partial charge in [0.2, 0.25) is 5.78 Å². The standard InChI is InChI=1S/C15H12O5/c1-15(7-16)10-5-3-2-4-8(10)12(17)13-11(15)9(6-20-13)14(18)19/h2-6,16H,7H2,1H3,(H,18,19). The van der Waals surface area contributed by atoms with Crippen molar-refractivity contribution in [2.75, 3.05) is 6.61 Å². The van der Waals surface area contributed by atoms with Gasteiger partial charge in [-0.05, 0) is 12.5 Å². The van der Waals surface area contributed by atoms with Crippen molar-refractivity contribution in [2.24, 2.45) is 0 Å². The molecule has 2 aromatic rings. The molecule has 0 aliphatic heterocycles. The van der Waals surface area contributed by atoms with Gasteiger partial charge in [0.1, 0.15) is 11.8 Å². The predicted octanol–water partition coefficient (Wildman–Crippen LogP) is 1.82. The van der Waals surface area contributed by atoms with Gasteiger partial charge >= 0.3 is 5.97 Å². The number of rotatable bonds is 2. The molecule has 1 unspecified atom stereocenters. The number of furan rings is 1.